The van der Waals surface area contributed by atoms with Crippen molar-refractivity contribution in [2.45, 2.75) is 78.0 Å². The SMILES string of the molecule is Cc1nn(C2CCC2)c(C)c1B1OC(C)(C)C(C)(C)O1. The van der Waals surface area contributed by atoms with Gasteiger partial charge >= 0.3 is 7.12 Å². The molecule has 1 saturated carbocycles. The molecule has 0 unspecified atom stereocenters. The Kier molecular flexibility index (Phi) is 3.07. The van der Waals surface area contributed by atoms with Crippen LogP contribution < -0.4 is 5.46 Å². The molecule has 0 spiro atoms. The van der Waals surface area contributed by atoms with E-state index in [9.17, 15) is 0 Å². The van der Waals surface area contributed by atoms with Crippen molar-refractivity contribution in [2.24, 2.45) is 0 Å². The number of aromatic nitrogens is 2. The van der Waals surface area contributed by atoms with Crippen molar-refractivity contribution >= 4 is 12.6 Å². The van der Waals surface area contributed by atoms with Gasteiger partial charge in [0.05, 0.1) is 22.9 Å². The first-order valence-corrected chi connectivity index (χ1v) is 7.64. The molecule has 1 saturated heterocycles. The summed E-state index contributed by atoms with van der Waals surface area (Å²) in [6.07, 6.45) is 3.80. The van der Waals surface area contributed by atoms with Gasteiger partial charge in [-0.25, -0.2) is 0 Å². The van der Waals surface area contributed by atoms with Crippen LogP contribution in [0.3, 0.4) is 0 Å². The smallest absolute Gasteiger partial charge is 0.399 e. The van der Waals surface area contributed by atoms with Gasteiger partial charge in [-0.2, -0.15) is 5.10 Å². The van der Waals surface area contributed by atoms with Crippen LogP contribution in [0.1, 0.15) is 64.4 Å². The van der Waals surface area contributed by atoms with E-state index in [1.54, 1.807) is 0 Å². The highest BCUT2D eigenvalue weighted by Gasteiger charge is 2.53. The third kappa shape index (κ3) is 1.94. The second-order valence-corrected chi connectivity index (χ2v) is 7.20. The summed E-state index contributed by atoms with van der Waals surface area (Å²) < 4.78 is 14.5. The minimum absolute atomic E-state index is 0.297. The summed E-state index contributed by atoms with van der Waals surface area (Å²) in [7, 11) is -0.297. The molecule has 2 heterocycles. The summed E-state index contributed by atoms with van der Waals surface area (Å²) in [5.41, 5.74) is 2.76. The molecule has 1 aromatic heterocycles. The predicted molar refractivity (Wildman–Crippen MR) is 80.3 cm³/mol. The standard InChI is InChI=1S/C15H25BN2O2/c1-10-13(11(2)18(17-10)12-8-7-9-12)16-19-14(3,4)15(5,6)20-16/h12H,7-9H2,1-6H3. The minimum atomic E-state index is -0.297. The number of nitrogens with zero attached hydrogens (tertiary/aromatic N) is 2. The molecule has 2 fully saturated rings. The third-order valence-electron chi connectivity index (χ3n) is 5.29. The molecule has 0 N–H and O–H groups in total. The first-order valence-electron chi connectivity index (χ1n) is 7.64. The van der Waals surface area contributed by atoms with E-state index in [2.05, 4.69) is 46.2 Å². The fourth-order valence-corrected chi connectivity index (χ4v) is 2.96. The van der Waals surface area contributed by atoms with E-state index in [0.29, 0.717) is 6.04 Å². The third-order valence-corrected chi connectivity index (χ3v) is 5.29. The van der Waals surface area contributed by atoms with Gasteiger partial charge in [0, 0.05) is 11.2 Å². The fourth-order valence-electron chi connectivity index (χ4n) is 2.96. The lowest BCUT2D eigenvalue weighted by Gasteiger charge is -2.32. The Bertz CT molecular complexity index is 516. The molecule has 0 atom stereocenters. The highest BCUT2D eigenvalue weighted by molar-refractivity contribution is 6.63. The van der Waals surface area contributed by atoms with E-state index < -0.39 is 0 Å². The van der Waals surface area contributed by atoms with Crippen LogP contribution in [-0.2, 0) is 9.31 Å². The first kappa shape index (κ1) is 14.1. The van der Waals surface area contributed by atoms with E-state index >= 15 is 0 Å². The first-order chi connectivity index (χ1) is 9.23. The average molecular weight is 276 g/mol. The van der Waals surface area contributed by atoms with Crippen LogP contribution in [0, 0.1) is 13.8 Å². The number of rotatable bonds is 2. The van der Waals surface area contributed by atoms with E-state index in [0.717, 1.165) is 11.2 Å². The van der Waals surface area contributed by atoms with Gasteiger partial charge in [-0.15, -0.1) is 0 Å². The van der Waals surface area contributed by atoms with Crippen molar-refractivity contribution in [3.05, 3.63) is 11.4 Å². The number of hydrogen-bond acceptors (Lipinski definition) is 3. The highest BCUT2D eigenvalue weighted by atomic mass is 16.7. The second kappa shape index (κ2) is 4.34. The monoisotopic (exact) mass is 276 g/mol. The molecule has 0 aromatic carbocycles. The summed E-state index contributed by atoms with van der Waals surface area (Å²) >= 11 is 0. The predicted octanol–water partition coefficient (Wildman–Crippen LogP) is 2.52. The van der Waals surface area contributed by atoms with Crippen molar-refractivity contribution in [3.8, 4) is 0 Å². The maximum Gasteiger partial charge on any atom is 0.498 e. The molecule has 5 heteroatoms. The molecule has 0 amide bonds. The number of hydrogen-bond donors (Lipinski definition) is 0. The van der Waals surface area contributed by atoms with Crippen LogP contribution in [-0.4, -0.2) is 28.1 Å². The Morgan fingerprint density at radius 1 is 1.10 bits per heavy atom. The summed E-state index contributed by atoms with van der Waals surface area (Å²) in [6, 6.07) is 0.574. The molecular formula is C15H25BN2O2. The largest absolute Gasteiger partial charge is 0.498 e. The molecule has 2 aliphatic rings. The maximum atomic E-state index is 6.18. The van der Waals surface area contributed by atoms with Crippen molar-refractivity contribution in [1.29, 1.82) is 0 Å². The van der Waals surface area contributed by atoms with Crippen LogP contribution in [0.4, 0.5) is 0 Å². The van der Waals surface area contributed by atoms with Gasteiger partial charge in [-0.05, 0) is 60.8 Å². The van der Waals surface area contributed by atoms with Gasteiger partial charge in [-0.3, -0.25) is 4.68 Å². The Morgan fingerprint density at radius 3 is 2.10 bits per heavy atom. The lowest BCUT2D eigenvalue weighted by atomic mass is 9.77. The highest BCUT2D eigenvalue weighted by Crippen LogP contribution is 2.37. The fraction of sp³-hybridized carbons (Fsp3) is 0.800. The molecule has 0 bridgehead atoms. The maximum absolute atomic E-state index is 6.18. The average Bonchev–Trinajstić information content (AvgIpc) is 2.60. The van der Waals surface area contributed by atoms with Crippen molar-refractivity contribution in [1.82, 2.24) is 9.78 Å². The molecule has 20 heavy (non-hydrogen) atoms. The molecule has 4 nitrogen and oxygen atoms in total. The van der Waals surface area contributed by atoms with Crippen LogP contribution in [0.25, 0.3) is 0 Å². The van der Waals surface area contributed by atoms with E-state index in [4.69, 9.17) is 14.4 Å². The van der Waals surface area contributed by atoms with Gasteiger partial charge in [0.25, 0.3) is 0 Å². The normalized spacial score (nSPS) is 25.0. The van der Waals surface area contributed by atoms with Crippen molar-refractivity contribution in [2.75, 3.05) is 0 Å². The molecular weight excluding hydrogens is 251 g/mol. The van der Waals surface area contributed by atoms with Crippen molar-refractivity contribution < 1.29 is 9.31 Å². The zero-order valence-electron chi connectivity index (χ0n) is 13.5. The van der Waals surface area contributed by atoms with Gasteiger partial charge in [0.15, 0.2) is 0 Å². The molecule has 1 aromatic rings. The quantitative estimate of drug-likeness (QED) is 0.779. The summed E-state index contributed by atoms with van der Waals surface area (Å²) in [5.74, 6) is 0. The Labute approximate surface area is 122 Å². The molecule has 0 radical (unpaired) electrons. The molecule has 110 valence electrons. The van der Waals surface area contributed by atoms with Gasteiger partial charge in [0.2, 0.25) is 0 Å². The lowest BCUT2D eigenvalue weighted by Crippen LogP contribution is -2.41. The van der Waals surface area contributed by atoms with E-state index in [1.165, 1.54) is 25.0 Å². The summed E-state index contributed by atoms with van der Waals surface area (Å²) in [6.45, 7) is 12.6. The Balaban J connectivity index is 1.94. The molecule has 1 aliphatic carbocycles. The number of aryl methyl sites for hydroxylation is 1. The minimum Gasteiger partial charge on any atom is -0.399 e. The van der Waals surface area contributed by atoms with Gasteiger partial charge in [0.1, 0.15) is 0 Å². The lowest BCUT2D eigenvalue weighted by molar-refractivity contribution is 0.00578. The second-order valence-electron chi connectivity index (χ2n) is 7.20. The molecule has 1 aliphatic heterocycles. The van der Waals surface area contributed by atoms with Crippen LogP contribution >= 0.6 is 0 Å². The summed E-state index contributed by atoms with van der Waals surface area (Å²) in [5, 5.41) is 4.73. The van der Waals surface area contributed by atoms with Crippen LogP contribution in [0.15, 0.2) is 0 Å². The van der Waals surface area contributed by atoms with Gasteiger partial charge < -0.3 is 9.31 Å². The van der Waals surface area contributed by atoms with E-state index in [1.807, 2.05) is 0 Å². The zero-order chi connectivity index (χ0) is 14.7. The summed E-state index contributed by atoms with van der Waals surface area (Å²) in [4.78, 5) is 0. The van der Waals surface area contributed by atoms with Crippen LogP contribution in [0.5, 0.6) is 0 Å². The van der Waals surface area contributed by atoms with Gasteiger partial charge in [-0.1, -0.05) is 0 Å². The topological polar surface area (TPSA) is 36.3 Å². The zero-order valence-corrected chi connectivity index (χ0v) is 13.5. The van der Waals surface area contributed by atoms with Crippen molar-refractivity contribution in [3.63, 3.8) is 0 Å². The molecule has 3 rings (SSSR count). The van der Waals surface area contributed by atoms with E-state index in [-0.39, 0.29) is 18.3 Å². The Morgan fingerprint density at radius 2 is 1.65 bits per heavy atom. The Hall–Kier alpha value is -0.805. The van der Waals surface area contributed by atoms with Crippen LogP contribution in [0.2, 0.25) is 0 Å².